The van der Waals surface area contributed by atoms with Crippen LogP contribution in [0.2, 0.25) is 0 Å². The van der Waals surface area contributed by atoms with Gasteiger partial charge in [0.1, 0.15) is 0 Å². The van der Waals surface area contributed by atoms with Crippen LogP contribution >= 0.6 is 0 Å². The SMILES string of the molecule is CCC1(C(=O)O)CCN(C(=O)N(C)CC2CC(O)C2)C1. The summed E-state index contributed by atoms with van der Waals surface area (Å²) in [5.74, 6) is -0.433. The molecule has 1 atom stereocenters. The van der Waals surface area contributed by atoms with E-state index in [-0.39, 0.29) is 12.1 Å². The fourth-order valence-electron chi connectivity index (χ4n) is 3.21. The second kappa shape index (κ2) is 5.60. The molecule has 0 aromatic rings. The summed E-state index contributed by atoms with van der Waals surface area (Å²) >= 11 is 0. The molecule has 2 fully saturated rings. The summed E-state index contributed by atoms with van der Waals surface area (Å²) in [7, 11) is 1.75. The number of nitrogens with zero attached hydrogens (tertiary/aromatic N) is 2. The van der Waals surface area contributed by atoms with E-state index in [9.17, 15) is 19.8 Å². The lowest BCUT2D eigenvalue weighted by Gasteiger charge is -2.35. The van der Waals surface area contributed by atoms with Gasteiger partial charge in [-0.3, -0.25) is 4.79 Å². The lowest BCUT2D eigenvalue weighted by molar-refractivity contribution is -0.148. The number of aliphatic hydroxyl groups excluding tert-OH is 1. The number of hydrogen-bond acceptors (Lipinski definition) is 3. The number of carbonyl (C=O) groups is 2. The van der Waals surface area contributed by atoms with Crippen molar-refractivity contribution in [2.75, 3.05) is 26.7 Å². The summed E-state index contributed by atoms with van der Waals surface area (Å²) in [5.41, 5.74) is -0.775. The number of likely N-dealkylation sites (tertiary alicyclic amines) is 1. The zero-order valence-corrected chi connectivity index (χ0v) is 12.2. The first-order valence-corrected chi connectivity index (χ1v) is 7.29. The van der Waals surface area contributed by atoms with Crippen LogP contribution in [0.5, 0.6) is 0 Å². The van der Waals surface area contributed by atoms with Crippen LogP contribution in [0.1, 0.15) is 32.6 Å². The topological polar surface area (TPSA) is 81.1 Å². The van der Waals surface area contributed by atoms with E-state index in [1.807, 2.05) is 6.92 Å². The first kappa shape index (κ1) is 15.1. The highest BCUT2D eigenvalue weighted by molar-refractivity contribution is 5.79. The number of carboxylic acids is 1. The minimum Gasteiger partial charge on any atom is -0.481 e. The van der Waals surface area contributed by atoms with E-state index >= 15 is 0 Å². The van der Waals surface area contributed by atoms with Crippen LogP contribution in [0.25, 0.3) is 0 Å². The number of rotatable bonds is 4. The Kier molecular flexibility index (Phi) is 4.22. The molecular formula is C14H24N2O4. The second-order valence-corrected chi connectivity index (χ2v) is 6.26. The van der Waals surface area contributed by atoms with Gasteiger partial charge in [0.25, 0.3) is 0 Å². The Morgan fingerprint density at radius 2 is 2.05 bits per heavy atom. The molecule has 2 N–H and O–H groups in total. The molecule has 1 saturated heterocycles. The zero-order valence-electron chi connectivity index (χ0n) is 12.2. The number of aliphatic carboxylic acids is 1. The molecule has 1 aliphatic carbocycles. The van der Waals surface area contributed by atoms with Crippen LogP contribution in [-0.2, 0) is 4.79 Å². The fraction of sp³-hybridized carbons (Fsp3) is 0.857. The summed E-state index contributed by atoms with van der Waals surface area (Å²) in [6, 6.07) is -0.0945. The van der Waals surface area contributed by atoms with Crippen molar-refractivity contribution in [3.63, 3.8) is 0 Å². The van der Waals surface area contributed by atoms with Crippen molar-refractivity contribution in [2.24, 2.45) is 11.3 Å². The highest BCUT2D eigenvalue weighted by Crippen LogP contribution is 2.35. The van der Waals surface area contributed by atoms with Crippen LogP contribution < -0.4 is 0 Å². The van der Waals surface area contributed by atoms with E-state index in [0.717, 1.165) is 12.8 Å². The number of carboxylic acid groups (broad SMARTS) is 1. The Bertz CT molecular complexity index is 395. The van der Waals surface area contributed by atoms with Gasteiger partial charge in [-0.25, -0.2) is 4.79 Å². The van der Waals surface area contributed by atoms with Crippen LogP contribution in [0.4, 0.5) is 4.79 Å². The Morgan fingerprint density at radius 1 is 1.40 bits per heavy atom. The fourth-order valence-corrected chi connectivity index (χ4v) is 3.21. The Hall–Kier alpha value is -1.30. The molecule has 2 rings (SSSR count). The summed E-state index contributed by atoms with van der Waals surface area (Å²) in [5, 5.41) is 18.6. The molecule has 6 heteroatoms. The van der Waals surface area contributed by atoms with Crippen LogP contribution in [-0.4, -0.2) is 64.8 Å². The van der Waals surface area contributed by atoms with E-state index in [1.165, 1.54) is 0 Å². The summed E-state index contributed by atoms with van der Waals surface area (Å²) in [6.45, 7) is 3.31. The standard InChI is InChI=1S/C14H24N2O4/c1-3-14(12(18)19)4-5-16(9-14)13(20)15(2)8-10-6-11(17)7-10/h10-11,17H,3-9H2,1-2H3,(H,18,19). The molecule has 1 saturated carbocycles. The van der Waals surface area contributed by atoms with Gasteiger partial charge in [0.05, 0.1) is 11.5 Å². The van der Waals surface area contributed by atoms with E-state index in [0.29, 0.717) is 38.4 Å². The lowest BCUT2D eigenvalue weighted by Crippen LogP contribution is -2.46. The van der Waals surface area contributed by atoms with Gasteiger partial charge in [0.15, 0.2) is 0 Å². The molecule has 0 aromatic heterocycles. The molecule has 1 aliphatic heterocycles. The molecule has 0 bridgehead atoms. The molecular weight excluding hydrogens is 260 g/mol. The number of hydrogen-bond donors (Lipinski definition) is 2. The van der Waals surface area contributed by atoms with E-state index in [4.69, 9.17) is 0 Å². The van der Waals surface area contributed by atoms with Gasteiger partial charge < -0.3 is 20.0 Å². The van der Waals surface area contributed by atoms with E-state index < -0.39 is 11.4 Å². The third kappa shape index (κ3) is 2.75. The van der Waals surface area contributed by atoms with Crippen LogP contribution in [0.3, 0.4) is 0 Å². The maximum atomic E-state index is 12.3. The van der Waals surface area contributed by atoms with Gasteiger partial charge in [-0.1, -0.05) is 6.92 Å². The van der Waals surface area contributed by atoms with Crippen molar-refractivity contribution in [3.8, 4) is 0 Å². The summed E-state index contributed by atoms with van der Waals surface area (Å²) < 4.78 is 0. The average Bonchev–Trinajstić information content (AvgIpc) is 2.81. The molecule has 114 valence electrons. The quantitative estimate of drug-likeness (QED) is 0.807. The molecule has 20 heavy (non-hydrogen) atoms. The minimum atomic E-state index is -0.805. The van der Waals surface area contributed by atoms with Gasteiger partial charge in [-0.05, 0) is 31.6 Å². The smallest absolute Gasteiger partial charge is 0.319 e. The van der Waals surface area contributed by atoms with Gasteiger partial charge in [-0.15, -0.1) is 0 Å². The third-order valence-corrected chi connectivity index (χ3v) is 4.82. The monoisotopic (exact) mass is 284 g/mol. The highest BCUT2D eigenvalue weighted by Gasteiger charge is 2.45. The third-order valence-electron chi connectivity index (χ3n) is 4.82. The number of aliphatic hydroxyl groups is 1. The molecule has 1 heterocycles. The van der Waals surface area contributed by atoms with E-state index in [1.54, 1.807) is 16.8 Å². The number of carbonyl (C=O) groups excluding carboxylic acids is 1. The lowest BCUT2D eigenvalue weighted by atomic mass is 9.82. The number of urea groups is 1. The first-order chi connectivity index (χ1) is 9.38. The predicted molar refractivity (Wildman–Crippen MR) is 73.3 cm³/mol. The first-order valence-electron chi connectivity index (χ1n) is 7.29. The van der Waals surface area contributed by atoms with Crippen molar-refractivity contribution in [3.05, 3.63) is 0 Å². The normalized spacial score (nSPS) is 32.9. The predicted octanol–water partition coefficient (Wildman–Crippen LogP) is 0.996. The molecule has 0 radical (unpaired) electrons. The second-order valence-electron chi connectivity index (χ2n) is 6.26. The molecule has 2 amide bonds. The van der Waals surface area contributed by atoms with Crippen molar-refractivity contribution in [1.82, 2.24) is 9.80 Å². The maximum absolute atomic E-state index is 12.3. The van der Waals surface area contributed by atoms with Gasteiger partial charge in [0.2, 0.25) is 0 Å². The maximum Gasteiger partial charge on any atom is 0.319 e. The van der Waals surface area contributed by atoms with Gasteiger partial charge >= 0.3 is 12.0 Å². The molecule has 2 aliphatic rings. The molecule has 1 unspecified atom stereocenters. The summed E-state index contributed by atoms with van der Waals surface area (Å²) in [6.07, 6.45) is 2.37. The Labute approximate surface area is 119 Å². The average molecular weight is 284 g/mol. The van der Waals surface area contributed by atoms with E-state index in [2.05, 4.69) is 0 Å². The largest absolute Gasteiger partial charge is 0.481 e. The van der Waals surface area contributed by atoms with Crippen LogP contribution in [0, 0.1) is 11.3 Å². The Morgan fingerprint density at radius 3 is 2.50 bits per heavy atom. The Balaban J connectivity index is 1.88. The molecule has 0 aromatic carbocycles. The van der Waals surface area contributed by atoms with Gasteiger partial charge in [0, 0.05) is 26.7 Å². The minimum absolute atomic E-state index is 0.0945. The van der Waals surface area contributed by atoms with Gasteiger partial charge in [-0.2, -0.15) is 0 Å². The zero-order chi connectivity index (χ0) is 14.9. The molecule has 6 nitrogen and oxygen atoms in total. The number of amides is 2. The van der Waals surface area contributed by atoms with Crippen molar-refractivity contribution < 1.29 is 19.8 Å². The van der Waals surface area contributed by atoms with Crippen molar-refractivity contribution in [2.45, 2.75) is 38.7 Å². The van der Waals surface area contributed by atoms with Crippen molar-refractivity contribution >= 4 is 12.0 Å². The molecule has 0 spiro atoms. The van der Waals surface area contributed by atoms with Crippen LogP contribution in [0.15, 0.2) is 0 Å². The highest BCUT2D eigenvalue weighted by atomic mass is 16.4. The van der Waals surface area contributed by atoms with Crippen molar-refractivity contribution in [1.29, 1.82) is 0 Å². The summed E-state index contributed by atoms with van der Waals surface area (Å²) in [4.78, 5) is 27.0.